The molecule has 3 nitrogen and oxygen atoms in total. The molecule has 0 amide bonds. The Bertz CT molecular complexity index is 350. The van der Waals surface area contributed by atoms with Gasteiger partial charge in [-0.05, 0) is 37.4 Å². The van der Waals surface area contributed by atoms with Crippen molar-refractivity contribution in [3.8, 4) is 11.8 Å². The van der Waals surface area contributed by atoms with Crippen LogP contribution in [0.3, 0.4) is 0 Å². The van der Waals surface area contributed by atoms with Gasteiger partial charge in [0.25, 0.3) is 0 Å². The van der Waals surface area contributed by atoms with Crippen LogP contribution in [0.2, 0.25) is 18.1 Å². The molecule has 0 rings (SSSR count). The summed E-state index contributed by atoms with van der Waals surface area (Å²) in [5.41, 5.74) is 0. The Hall–Kier alpha value is -0.343. The molecular weight excluding hydrogens is 292 g/mol. The highest BCUT2D eigenvalue weighted by Crippen LogP contribution is 2.36. The summed E-state index contributed by atoms with van der Waals surface area (Å²) < 4.78 is 6.11. The third-order valence-electron chi connectivity index (χ3n) is 4.43. The van der Waals surface area contributed by atoms with E-state index in [4.69, 9.17) is 4.43 Å². The molecule has 22 heavy (non-hydrogen) atoms. The summed E-state index contributed by atoms with van der Waals surface area (Å²) in [6, 6.07) is 0. The van der Waals surface area contributed by atoms with Crippen molar-refractivity contribution in [3.05, 3.63) is 0 Å². The molecule has 0 aromatic heterocycles. The van der Waals surface area contributed by atoms with Gasteiger partial charge >= 0.3 is 0 Å². The average Bonchev–Trinajstić information content (AvgIpc) is 2.42. The fourth-order valence-electron chi connectivity index (χ4n) is 1.70. The summed E-state index contributed by atoms with van der Waals surface area (Å²) in [6.45, 7) is 14.1. The molecule has 0 fully saturated rings. The van der Waals surface area contributed by atoms with Crippen molar-refractivity contribution in [2.24, 2.45) is 0 Å². The van der Waals surface area contributed by atoms with Crippen LogP contribution in [0.4, 0.5) is 0 Å². The second-order valence-corrected chi connectivity index (χ2v) is 12.4. The van der Waals surface area contributed by atoms with Gasteiger partial charge in [-0.15, -0.1) is 5.92 Å². The standard InChI is InChI=1S/C18H36O3Si/c1-7-8-13-16(19)17(20)14-11-9-10-12-15-21-22(5,6)18(2,3)4/h16-17,19-20H,7-10,12-13,15H2,1-6H3/t16-,17-/m0/s1. The SMILES string of the molecule is CCCC[C@H](O)[C@@H](O)C#CCCCCO[Si](C)(C)C(C)(C)C. The van der Waals surface area contributed by atoms with E-state index in [0.717, 1.165) is 38.7 Å². The molecule has 0 aliphatic heterocycles. The molecule has 0 aromatic carbocycles. The fourth-order valence-corrected chi connectivity index (χ4v) is 2.79. The third-order valence-corrected chi connectivity index (χ3v) is 8.97. The van der Waals surface area contributed by atoms with Crippen LogP contribution >= 0.6 is 0 Å². The second-order valence-electron chi connectivity index (χ2n) is 7.54. The van der Waals surface area contributed by atoms with Crippen molar-refractivity contribution in [2.45, 2.75) is 96.6 Å². The summed E-state index contributed by atoms with van der Waals surface area (Å²) in [7, 11) is -1.63. The summed E-state index contributed by atoms with van der Waals surface area (Å²) in [5, 5.41) is 19.6. The number of aliphatic hydroxyl groups is 2. The van der Waals surface area contributed by atoms with Crippen LogP contribution in [0, 0.1) is 11.8 Å². The summed E-state index contributed by atoms with van der Waals surface area (Å²) in [6.07, 6.45) is 3.65. The Labute approximate surface area is 138 Å². The van der Waals surface area contributed by atoms with Gasteiger partial charge in [-0.25, -0.2) is 0 Å². The smallest absolute Gasteiger partial charge is 0.191 e. The summed E-state index contributed by atoms with van der Waals surface area (Å²) in [4.78, 5) is 0. The molecule has 0 spiro atoms. The van der Waals surface area contributed by atoms with E-state index in [0.29, 0.717) is 6.42 Å². The normalized spacial score (nSPS) is 15.1. The number of aliphatic hydroxyl groups excluding tert-OH is 2. The zero-order valence-corrected chi connectivity index (χ0v) is 16.4. The van der Waals surface area contributed by atoms with Gasteiger partial charge in [0.2, 0.25) is 0 Å². The first kappa shape index (κ1) is 21.7. The lowest BCUT2D eigenvalue weighted by molar-refractivity contribution is 0.0472. The van der Waals surface area contributed by atoms with Crippen LogP contribution in [0.25, 0.3) is 0 Å². The van der Waals surface area contributed by atoms with Gasteiger partial charge < -0.3 is 14.6 Å². The fraction of sp³-hybridized carbons (Fsp3) is 0.889. The van der Waals surface area contributed by atoms with E-state index in [1.54, 1.807) is 0 Å². The van der Waals surface area contributed by atoms with Gasteiger partial charge in [0, 0.05) is 13.0 Å². The highest BCUT2D eigenvalue weighted by Gasteiger charge is 2.36. The minimum absolute atomic E-state index is 0.255. The Morgan fingerprint density at radius 2 is 1.73 bits per heavy atom. The van der Waals surface area contributed by atoms with Gasteiger partial charge in [0.1, 0.15) is 6.10 Å². The van der Waals surface area contributed by atoms with Gasteiger partial charge in [0.05, 0.1) is 6.10 Å². The van der Waals surface area contributed by atoms with Crippen LogP contribution in [0.5, 0.6) is 0 Å². The lowest BCUT2D eigenvalue weighted by Gasteiger charge is -2.36. The maximum absolute atomic E-state index is 9.70. The largest absolute Gasteiger partial charge is 0.417 e. The minimum atomic E-state index is -1.63. The molecule has 0 saturated heterocycles. The third kappa shape index (κ3) is 8.95. The molecule has 0 bridgehead atoms. The van der Waals surface area contributed by atoms with Crippen molar-refractivity contribution in [1.82, 2.24) is 0 Å². The van der Waals surface area contributed by atoms with E-state index in [1.807, 2.05) is 0 Å². The first-order chi connectivity index (χ1) is 10.1. The lowest BCUT2D eigenvalue weighted by Crippen LogP contribution is -2.40. The lowest BCUT2D eigenvalue weighted by atomic mass is 10.1. The monoisotopic (exact) mass is 328 g/mol. The Morgan fingerprint density at radius 3 is 2.27 bits per heavy atom. The van der Waals surface area contributed by atoms with Gasteiger partial charge in [-0.1, -0.05) is 46.5 Å². The molecule has 2 atom stereocenters. The number of rotatable bonds is 9. The zero-order valence-electron chi connectivity index (χ0n) is 15.4. The molecule has 0 saturated carbocycles. The average molecular weight is 329 g/mol. The van der Waals surface area contributed by atoms with Crippen molar-refractivity contribution >= 4 is 8.32 Å². The van der Waals surface area contributed by atoms with Crippen molar-refractivity contribution in [2.75, 3.05) is 6.61 Å². The summed E-state index contributed by atoms with van der Waals surface area (Å²) >= 11 is 0. The molecule has 0 aliphatic rings. The Kier molecular flexibility index (Phi) is 10.3. The van der Waals surface area contributed by atoms with Crippen molar-refractivity contribution < 1.29 is 14.6 Å². The van der Waals surface area contributed by atoms with Crippen LogP contribution in [0.1, 0.15) is 66.2 Å². The van der Waals surface area contributed by atoms with Gasteiger partial charge in [-0.3, -0.25) is 0 Å². The van der Waals surface area contributed by atoms with Crippen LogP contribution < -0.4 is 0 Å². The number of hydrogen-bond donors (Lipinski definition) is 2. The molecular formula is C18H36O3Si. The molecule has 0 unspecified atom stereocenters. The van der Waals surface area contributed by atoms with E-state index in [2.05, 4.69) is 52.6 Å². The molecule has 4 heteroatoms. The van der Waals surface area contributed by atoms with E-state index < -0.39 is 20.5 Å². The second kappa shape index (κ2) is 10.4. The van der Waals surface area contributed by atoms with Crippen molar-refractivity contribution in [1.29, 1.82) is 0 Å². The Balaban J connectivity index is 3.85. The van der Waals surface area contributed by atoms with E-state index in [1.165, 1.54) is 0 Å². The molecule has 2 N–H and O–H groups in total. The highest BCUT2D eigenvalue weighted by atomic mass is 28.4. The predicted molar refractivity (Wildman–Crippen MR) is 96.3 cm³/mol. The van der Waals surface area contributed by atoms with E-state index in [9.17, 15) is 10.2 Å². The molecule has 0 aliphatic carbocycles. The van der Waals surface area contributed by atoms with E-state index >= 15 is 0 Å². The van der Waals surface area contributed by atoms with E-state index in [-0.39, 0.29) is 5.04 Å². The molecule has 0 heterocycles. The number of unbranched alkanes of at least 4 members (excludes halogenated alkanes) is 3. The number of hydrogen-bond acceptors (Lipinski definition) is 3. The van der Waals surface area contributed by atoms with Crippen LogP contribution in [0.15, 0.2) is 0 Å². The first-order valence-corrected chi connectivity index (χ1v) is 11.5. The van der Waals surface area contributed by atoms with Crippen LogP contribution in [-0.4, -0.2) is 37.3 Å². The Morgan fingerprint density at radius 1 is 1.09 bits per heavy atom. The highest BCUT2D eigenvalue weighted by molar-refractivity contribution is 6.74. The molecule has 0 aromatic rings. The zero-order chi connectivity index (χ0) is 17.2. The molecule has 0 radical (unpaired) electrons. The topological polar surface area (TPSA) is 49.7 Å². The quantitative estimate of drug-likeness (QED) is 0.381. The first-order valence-electron chi connectivity index (χ1n) is 8.60. The maximum atomic E-state index is 9.70. The maximum Gasteiger partial charge on any atom is 0.191 e. The van der Waals surface area contributed by atoms with Crippen molar-refractivity contribution in [3.63, 3.8) is 0 Å². The summed E-state index contributed by atoms with van der Waals surface area (Å²) in [5.74, 6) is 5.71. The predicted octanol–water partition coefficient (Wildman–Crippen LogP) is 4.09. The minimum Gasteiger partial charge on any atom is -0.417 e. The van der Waals surface area contributed by atoms with Gasteiger partial charge in [0.15, 0.2) is 8.32 Å². The molecule has 130 valence electrons. The van der Waals surface area contributed by atoms with Crippen LogP contribution in [-0.2, 0) is 4.43 Å². The van der Waals surface area contributed by atoms with Gasteiger partial charge in [-0.2, -0.15) is 0 Å².